The molecular formula is C8H12F5N. The van der Waals surface area contributed by atoms with Gasteiger partial charge < -0.3 is 5.32 Å². The second-order valence-corrected chi connectivity index (χ2v) is 3.67. The van der Waals surface area contributed by atoms with Gasteiger partial charge in [0.25, 0.3) is 0 Å². The van der Waals surface area contributed by atoms with E-state index >= 15 is 0 Å². The van der Waals surface area contributed by atoms with Crippen molar-refractivity contribution in [1.82, 2.24) is 5.32 Å². The minimum atomic E-state index is -5.46. The van der Waals surface area contributed by atoms with Gasteiger partial charge in [-0.1, -0.05) is 6.42 Å². The molecule has 0 bridgehead atoms. The molecule has 2 atom stereocenters. The largest absolute Gasteiger partial charge is 0.454 e. The van der Waals surface area contributed by atoms with E-state index in [4.69, 9.17) is 0 Å². The molecule has 0 unspecified atom stereocenters. The molecule has 0 spiro atoms. The van der Waals surface area contributed by atoms with Gasteiger partial charge in [-0.2, -0.15) is 22.0 Å². The van der Waals surface area contributed by atoms with Crippen LogP contribution in [-0.2, 0) is 0 Å². The van der Waals surface area contributed by atoms with E-state index in [1.165, 1.54) is 0 Å². The van der Waals surface area contributed by atoms with Crippen molar-refractivity contribution in [1.29, 1.82) is 0 Å². The molecule has 6 heteroatoms. The summed E-state index contributed by atoms with van der Waals surface area (Å²) < 4.78 is 61.5. The van der Waals surface area contributed by atoms with Crippen LogP contribution in [0, 0.1) is 0 Å². The van der Waals surface area contributed by atoms with E-state index in [1.54, 1.807) is 6.92 Å². The number of alkyl halides is 5. The number of hydrogen-bond donors (Lipinski definition) is 1. The molecule has 1 saturated heterocycles. The molecule has 14 heavy (non-hydrogen) atoms. The van der Waals surface area contributed by atoms with Crippen LogP contribution in [0.15, 0.2) is 0 Å². The Morgan fingerprint density at radius 1 is 1.07 bits per heavy atom. The lowest BCUT2D eigenvalue weighted by atomic mass is 9.95. The highest BCUT2D eigenvalue weighted by Crippen LogP contribution is 2.40. The third kappa shape index (κ3) is 2.16. The molecule has 1 aliphatic rings. The van der Waals surface area contributed by atoms with Crippen LogP contribution >= 0.6 is 0 Å². The molecule has 1 fully saturated rings. The predicted molar refractivity (Wildman–Crippen MR) is 41.2 cm³/mol. The molecule has 1 heterocycles. The molecule has 1 N–H and O–H groups in total. The third-order valence-electron chi connectivity index (χ3n) is 2.43. The molecule has 0 aromatic carbocycles. The molecule has 1 rings (SSSR count). The van der Waals surface area contributed by atoms with Crippen molar-refractivity contribution in [2.24, 2.45) is 0 Å². The molecule has 0 amide bonds. The highest BCUT2D eigenvalue weighted by atomic mass is 19.4. The molecule has 0 saturated carbocycles. The van der Waals surface area contributed by atoms with Crippen molar-refractivity contribution in [2.45, 2.75) is 50.4 Å². The molecule has 0 aromatic heterocycles. The van der Waals surface area contributed by atoms with E-state index in [9.17, 15) is 22.0 Å². The summed E-state index contributed by atoms with van der Waals surface area (Å²) in [6, 6.07) is -2.05. The van der Waals surface area contributed by atoms with Crippen molar-refractivity contribution in [3.63, 3.8) is 0 Å². The third-order valence-corrected chi connectivity index (χ3v) is 2.43. The smallest absolute Gasteiger partial charge is 0.306 e. The second kappa shape index (κ2) is 3.64. The van der Waals surface area contributed by atoms with Crippen molar-refractivity contribution >= 4 is 0 Å². The maximum absolute atomic E-state index is 12.8. The molecular weight excluding hydrogens is 205 g/mol. The van der Waals surface area contributed by atoms with Crippen LogP contribution in [0.4, 0.5) is 22.0 Å². The number of nitrogens with one attached hydrogen (secondary N) is 1. The fraction of sp³-hybridized carbons (Fsp3) is 1.00. The predicted octanol–water partition coefficient (Wildman–Crippen LogP) is 2.71. The zero-order valence-corrected chi connectivity index (χ0v) is 7.67. The van der Waals surface area contributed by atoms with Crippen LogP contribution in [0.1, 0.15) is 26.2 Å². The van der Waals surface area contributed by atoms with Crippen molar-refractivity contribution < 1.29 is 22.0 Å². The fourth-order valence-electron chi connectivity index (χ4n) is 1.62. The molecule has 1 nitrogen and oxygen atoms in total. The Hall–Kier alpha value is -0.390. The Kier molecular flexibility index (Phi) is 3.04. The van der Waals surface area contributed by atoms with E-state index in [0.717, 1.165) is 0 Å². The normalized spacial score (nSPS) is 30.4. The maximum atomic E-state index is 12.8. The lowest BCUT2D eigenvalue weighted by Crippen LogP contribution is -2.57. The van der Waals surface area contributed by atoms with E-state index in [-0.39, 0.29) is 12.5 Å². The van der Waals surface area contributed by atoms with Gasteiger partial charge >= 0.3 is 12.1 Å². The highest BCUT2D eigenvalue weighted by molar-refractivity contribution is 4.93. The lowest BCUT2D eigenvalue weighted by molar-refractivity contribution is -0.295. The van der Waals surface area contributed by atoms with Crippen LogP contribution < -0.4 is 5.32 Å². The van der Waals surface area contributed by atoms with Gasteiger partial charge in [0.1, 0.15) is 0 Å². The van der Waals surface area contributed by atoms with Crippen molar-refractivity contribution in [2.75, 3.05) is 0 Å². The first kappa shape index (κ1) is 11.7. The molecule has 0 aromatic rings. The quantitative estimate of drug-likeness (QED) is 0.666. The standard InChI is InChI=1S/C8H12F5N/c1-5-3-2-4-6(14-5)7(9,10)8(11,12)13/h5-6,14H,2-4H2,1H3/t5-,6-/m0/s1. The number of halogens is 5. The summed E-state index contributed by atoms with van der Waals surface area (Å²) in [6.07, 6.45) is -4.53. The lowest BCUT2D eigenvalue weighted by Gasteiger charge is -2.35. The maximum Gasteiger partial charge on any atom is 0.454 e. The Morgan fingerprint density at radius 2 is 1.64 bits per heavy atom. The first-order valence-electron chi connectivity index (χ1n) is 4.45. The van der Waals surface area contributed by atoms with E-state index < -0.39 is 18.1 Å². The first-order chi connectivity index (χ1) is 6.25. The van der Waals surface area contributed by atoms with Crippen LogP contribution in [-0.4, -0.2) is 24.2 Å². The molecule has 1 aliphatic heterocycles. The van der Waals surface area contributed by atoms with Gasteiger partial charge in [-0.15, -0.1) is 0 Å². The summed E-state index contributed by atoms with van der Waals surface area (Å²) in [5, 5.41) is 2.29. The van der Waals surface area contributed by atoms with E-state index in [1.807, 2.05) is 0 Å². The van der Waals surface area contributed by atoms with Gasteiger partial charge in [0.2, 0.25) is 0 Å². The summed E-state index contributed by atoms with van der Waals surface area (Å²) in [5.41, 5.74) is 0. The Bertz CT molecular complexity index is 200. The van der Waals surface area contributed by atoms with Gasteiger partial charge in [0.15, 0.2) is 0 Å². The van der Waals surface area contributed by atoms with Gasteiger partial charge in [-0.3, -0.25) is 0 Å². The molecule has 0 radical (unpaired) electrons. The summed E-state index contributed by atoms with van der Waals surface area (Å²) >= 11 is 0. The monoisotopic (exact) mass is 217 g/mol. The average Bonchev–Trinajstić information content (AvgIpc) is 2.02. The van der Waals surface area contributed by atoms with Gasteiger partial charge in [-0.05, 0) is 19.8 Å². The number of piperidine rings is 1. The Balaban J connectivity index is 2.71. The van der Waals surface area contributed by atoms with Crippen LogP contribution in [0.3, 0.4) is 0 Å². The summed E-state index contributed by atoms with van der Waals surface area (Å²) in [4.78, 5) is 0. The minimum absolute atomic E-state index is 0.128. The Morgan fingerprint density at radius 3 is 2.07 bits per heavy atom. The number of rotatable bonds is 1. The van der Waals surface area contributed by atoms with Crippen molar-refractivity contribution in [3.8, 4) is 0 Å². The van der Waals surface area contributed by atoms with Crippen LogP contribution in [0.2, 0.25) is 0 Å². The summed E-state index contributed by atoms with van der Waals surface area (Å²) in [5.74, 6) is -4.62. The zero-order valence-electron chi connectivity index (χ0n) is 7.67. The van der Waals surface area contributed by atoms with Gasteiger partial charge in [0, 0.05) is 6.04 Å². The highest BCUT2D eigenvalue weighted by Gasteiger charge is 2.62. The zero-order chi connectivity index (χ0) is 11.0. The first-order valence-corrected chi connectivity index (χ1v) is 4.45. The summed E-state index contributed by atoms with van der Waals surface area (Å²) in [6.45, 7) is 1.61. The van der Waals surface area contributed by atoms with Crippen LogP contribution in [0.25, 0.3) is 0 Å². The number of hydrogen-bond acceptors (Lipinski definition) is 1. The SMILES string of the molecule is C[C@H]1CCC[C@@H](C(F)(F)C(F)(F)F)N1. The second-order valence-electron chi connectivity index (χ2n) is 3.67. The molecule has 84 valence electrons. The van der Waals surface area contributed by atoms with E-state index in [0.29, 0.717) is 12.8 Å². The fourth-order valence-corrected chi connectivity index (χ4v) is 1.62. The average molecular weight is 217 g/mol. The van der Waals surface area contributed by atoms with Gasteiger partial charge in [0.05, 0.1) is 6.04 Å². The minimum Gasteiger partial charge on any atom is -0.306 e. The van der Waals surface area contributed by atoms with Crippen molar-refractivity contribution in [3.05, 3.63) is 0 Å². The summed E-state index contributed by atoms with van der Waals surface area (Å²) in [7, 11) is 0. The topological polar surface area (TPSA) is 12.0 Å². The van der Waals surface area contributed by atoms with Gasteiger partial charge in [-0.25, -0.2) is 0 Å². The Labute approximate surface area is 78.7 Å². The van der Waals surface area contributed by atoms with Crippen LogP contribution in [0.5, 0.6) is 0 Å². The molecule has 0 aliphatic carbocycles. The van der Waals surface area contributed by atoms with E-state index in [2.05, 4.69) is 5.32 Å².